The van der Waals surface area contributed by atoms with Crippen molar-refractivity contribution in [3.8, 4) is 0 Å². The Bertz CT molecular complexity index is 664. The van der Waals surface area contributed by atoms with Gasteiger partial charge in [0.05, 0.1) is 9.50 Å². The van der Waals surface area contributed by atoms with Gasteiger partial charge in [-0.25, -0.2) is 16.8 Å². The Kier molecular flexibility index (Phi) is 3.09. The molecule has 0 radical (unpaired) electrons. The Balaban J connectivity index is 2.62. The molecular weight excluding hydrogens is 309 g/mol. The van der Waals surface area contributed by atoms with Crippen LogP contribution >= 0.6 is 15.9 Å². The smallest absolute Gasteiger partial charge is 0.235 e. The van der Waals surface area contributed by atoms with Gasteiger partial charge in [-0.3, -0.25) is 0 Å². The maximum atomic E-state index is 13.0. The predicted octanol–water partition coefficient (Wildman–Crippen LogP) is 2.94. The van der Waals surface area contributed by atoms with Crippen LogP contribution in [-0.4, -0.2) is 12.4 Å². The number of nitrogens with zero attached hydrogens (tertiary/aromatic N) is 1. The number of aryl methyl sites for hydroxylation is 1. The van der Waals surface area contributed by atoms with Crippen molar-refractivity contribution in [2.45, 2.75) is 11.8 Å². The van der Waals surface area contributed by atoms with E-state index in [9.17, 15) is 12.8 Å². The molecule has 0 spiro atoms. The first-order valence-electron chi connectivity index (χ1n) is 4.77. The molecule has 0 unspecified atom stereocenters. The van der Waals surface area contributed by atoms with Crippen molar-refractivity contribution >= 4 is 26.0 Å². The zero-order chi connectivity index (χ0) is 12.6. The van der Waals surface area contributed by atoms with Crippen molar-refractivity contribution in [3.05, 3.63) is 52.5 Å². The Morgan fingerprint density at radius 1 is 1.29 bits per heavy atom. The lowest BCUT2D eigenvalue weighted by atomic mass is 10.4. The SMILES string of the molecule is Cc1cc(Br)n(S(=O)(=O)c2cccc(F)c2)c1. The zero-order valence-electron chi connectivity index (χ0n) is 8.89. The maximum Gasteiger partial charge on any atom is 0.268 e. The minimum absolute atomic E-state index is 0.0752. The van der Waals surface area contributed by atoms with Crippen LogP contribution in [0.4, 0.5) is 4.39 Å². The van der Waals surface area contributed by atoms with Gasteiger partial charge in [-0.1, -0.05) is 6.07 Å². The number of rotatable bonds is 2. The van der Waals surface area contributed by atoms with E-state index >= 15 is 0 Å². The fraction of sp³-hybridized carbons (Fsp3) is 0.0909. The van der Waals surface area contributed by atoms with Crippen LogP contribution < -0.4 is 0 Å². The number of benzene rings is 1. The van der Waals surface area contributed by atoms with Crippen LogP contribution in [0.2, 0.25) is 0 Å². The number of hydrogen-bond donors (Lipinski definition) is 0. The number of halogens is 2. The summed E-state index contributed by atoms with van der Waals surface area (Å²) in [6, 6.07) is 6.61. The van der Waals surface area contributed by atoms with Gasteiger partial charge in [0.2, 0.25) is 0 Å². The lowest BCUT2D eigenvalue weighted by Crippen LogP contribution is -2.12. The Morgan fingerprint density at radius 2 is 2.00 bits per heavy atom. The Labute approximate surface area is 107 Å². The zero-order valence-corrected chi connectivity index (χ0v) is 11.3. The Morgan fingerprint density at radius 3 is 2.53 bits per heavy atom. The van der Waals surface area contributed by atoms with Gasteiger partial charge in [0.25, 0.3) is 10.0 Å². The summed E-state index contributed by atoms with van der Waals surface area (Å²) >= 11 is 3.16. The van der Waals surface area contributed by atoms with Crippen LogP contribution in [0, 0.1) is 12.7 Å². The fourth-order valence-corrected chi connectivity index (χ4v) is 3.82. The highest BCUT2D eigenvalue weighted by atomic mass is 79.9. The second kappa shape index (κ2) is 4.27. The summed E-state index contributed by atoms with van der Waals surface area (Å²) in [4.78, 5) is -0.0752. The molecule has 1 aromatic carbocycles. The standard InChI is InChI=1S/C11H9BrFNO2S/c1-8-5-11(12)14(7-8)17(15,16)10-4-2-3-9(13)6-10/h2-7H,1H3. The molecule has 0 aliphatic rings. The van der Waals surface area contributed by atoms with E-state index < -0.39 is 15.8 Å². The lowest BCUT2D eigenvalue weighted by molar-refractivity contribution is 0.582. The van der Waals surface area contributed by atoms with E-state index in [2.05, 4.69) is 15.9 Å². The van der Waals surface area contributed by atoms with E-state index in [1.54, 1.807) is 13.0 Å². The third kappa shape index (κ3) is 2.28. The minimum Gasteiger partial charge on any atom is -0.235 e. The topological polar surface area (TPSA) is 39.1 Å². The first-order valence-corrected chi connectivity index (χ1v) is 7.00. The maximum absolute atomic E-state index is 13.0. The average molecular weight is 318 g/mol. The largest absolute Gasteiger partial charge is 0.268 e. The molecule has 0 aliphatic heterocycles. The van der Waals surface area contributed by atoms with E-state index in [0.717, 1.165) is 15.6 Å². The lowest BCUT2D eigenvalue weighted by Gasteiger charge is -2.07. The molecule has 1 heterocycles. The van der Waals surface area contributed by atoms with Crippen molar-refractivity contribution in [2.75, 3.05) is 0 Å². The van der Waals surface area contributed by atoms with Crippen molar-refractivity contribution in [1.29, 1.82) is 0 Å². The normalized spacial score (nSPS) is 11.7. The van der Waals surface area contributed by atoms with E-state index in [0.29, 0.717) is 4.60 Å². The van der Waals surface area contributed by atoms with Crippen molar-refractivity contribution in [1.82, 2.24) is 3.97 Å². The fourth-order valence-electron chi connectivity index (χ4n) is 1.46. The molecule has 6 heteroatoms. The molecule has 0 fully saturated rings. The highest BCUT2D eigenvalue weighted by molar-refractivity contribution is 9.10. The summed E-state index contributed by atoms with van der Waals surface area (Å²) in [7, 11) is -3.74. The van der Waals surface area contributed by atoms with Crippen LogP contribution in [0.25, 0.3) is 0 Å². The summed E-state index contributed by atoms with van der Waals surface area (Å²) in [5.74, 6) is -0.578. The van der Waals surface area contributed by atoms with Crippen LogP contribution in [-0.2, 0) is 10.0 Å². The highest BCUT2D eigenvalue weighted by Gasteiger charge is 2.19. The van der Waals surface area contributed by atoms with E-state index in [1.165, 1.54) is 24.4 Å². The monoisotopic (exact) mass is 317 g/mol. The molecule has 2 aromatic rings. The molecule has 0 aliphatic carbocycles. The first kappa shape index (κ1) is 12.3. The summed E-state index contributed by atoms with van der Waals surface area (Å²) in [6.07, 6.45) is 1.48. The molecule has 90 valence electrons. The molecule has 2 rings (SSSR count). The van der Waals surface area contributed by atoms with Crippen molar-refractivity contribution < 1.29 is 12.8 Å². The number of hydrogen-bond acceptors (Lipinski definition) is 2. The summed E-state index contributed by atoms with van der Waals surface area (Å²) in [5.41, 5.74) is 0.803. The second-order valence-corrected chi connectivity index (χ2v) is 6.23. The quantitative estimate of drug-likeness (QED) is 0.854. The van der Waals surface area contributed by atoms with Gasteiger partial charge in [0.15, 0.2) is 0 Å². The van der Waals surface area contributed by atoms with Gasteiger partial charge in [0, 0.05) is 6.20 Å². The van der Waals surface area contributed by atoms with Gasteiger partial charge in [0.1, 0.15) is 5.82 Å². The molecular formula is C11H9BrFNO2S. The third-order valence-corrected chi connectivity index (χ3v) is 4.75. The van der Waals surface area contributed by atoms with Crippen LogP contribution in [0.1, 0.15) is 5.56 Å². The van der Waals surface area contributed by atoms with E-state index in [4.69, 9.17) is 0 Å². The average Bonchev–Trinajstić information content (AvgIpc) is 2.58. The summed E-state index contributed by atoms with van der Waals surface area (Å²) < 4.78 is 38.9. The van der Waals surface area contributed by atoms with Crippen molar-refractivity contribution in [2.24, 2.45) is 0 Å². The van der Waals surface area contributed by atoms with Crippen molar-refractivity contribution in [3.63, 3.8) is 0 Å². The molecule has 0 saturated heterocycles. The molecule has 3 nitrogen and oxygen atoms in total. The summed E-state index contributed by atoms with van der Waals surface area (Å²) in [6.45, 7) is 1.78. The van der Waals surface area contributed by atoms with Gasteiger partial charge in [-0.05, 0) is 52.7 Å². The van der Waals surface area contributed by atoms with Gasteiger partial charge in [-0.15, -0.1) is 0 Å². The molecule has 0 N–H and O–H groups in total. The molecule has 0 amide bonds. The van der Waals surface area contributed by atoms with Crippen LogP contribution in [0.3, 0.4) is 0 Å². The molecule has 17 heavy (non-hydrogen) atoms. The molecule has 0 saturated carbocycles. The van der Waals surface area contributed by atoms with Crippen LogP contribution in [0.15, 0.2) is 46.0 Å². The molecule has 0 bridgehead atoms. The Hall–Kier alpha value is -1.14. The first-order chi connectivity index (χ1) is 7.91. The second-order valence-electron chi connectivity index (χ2n) is 3.60. The summed E-state index contributed by atoms with van der Waals surface area (Å²) in [5, 5.41) is 0. The molecule has 1 aromatic heterocycles. The van der Waals surface area contributed by atoms with Gasteiger partial charge < -0.3 is 0 Å². The van der Waals surface area contributed by atoms with E-state index in [-0.39, 0.29) is 4.90 Å². The van der Waals surface area contributed by atoms with Crippen LogP contribution in [0.5, 0.6) is 0 Å². The highest BCUT2D eigenvalue weighted by Crippen LogP contribution is 2.22. The van der Waals surface area contributed by atoms with E-state index in [1.807, 2.05) is 0 Å². The number of aromatic nitrogens is 1. The van der Waals surface area contributed by atoms with Gasteiger partial charge in [-0.2, -0.15) is 0 Å². The predicted molar refractivity (Wildman–Crippen MR) is 65.9 cm³/mol. The van der Waals surface area contributed by atoms with Gasteiger partial charge >= 0.3 is 0 Å². The minimum atomic E-state index is -3.74. The third-order valence-electron chi connectivity index (χ3n) is 2.23. The molecule has 0 atom stereocenters.